The van der Waals surface area contributed by atoms with E-state index >= 15 is 0 Å². The monoisotopic (exact) mass is 569 g/mol. The van der Waals surface area contributed by atoms with Crippen molar-refractivity contribution in [3.63, 3.8) is 0 Å². The van der Waals surface area contributed by atoms with Gasteiger partial charge in [0.05, 0.1) is 16.1 Å². The largest absolute Gasteiger partial charge is 0.477 e. The lowest BCUT2D eigenvalue weighted by Crippen LogP contribution is -2.46. The molecule has 4 rings (SSSR count). The molecule has 0 amide bonds. The lowest BCUT2D eigenvalue weighted by atomic mass is 9.77. The molecule has 0 spiro atoms. The summed E-state index contributed by atoms with van der Waals surface area (Å²) >= 11 is 12.1. The Morgan fingerprint density at radius 1 is 1.05 bits per heavy atom. The van der Waals surface area contributed by atoms with Crippen molar-refractivity contribution >= 4 is 40.2 Å². The van der Waals surface area contributed by atoms with Crippen molar-refractivity contribution in [2.45, 2.75) is 24.6 Å². The van der Waals surface area contributed by atoms with Crippen LogP contribution < -0.4 is 10.4 Å². The van der Waals surface area contributed by atoms with Crippen molar-refractivity contribution in [1.29, 1.82) is 0 Å². The molecule has 0 saturated carbocycles. The minimum atomic E-state index is -5.13. The number of imidazole rings is 1. The lowest BCUT2D eigenvalue weighted by Gasteiger charge is -2.37. The zero-order valence-electron chi connectivity index (χ0n) is 20.0. The summed E-state index contributed by atoms with van der Waals surface area (Å²) in [6.45, 7) is 1.17. The first-order valence-electron chi connectivity index (χ1n) is 11.0. The Balaban J connectivity index is 1.76. The predicted octanol–water partition coefficient (Wildman–Crippen LogP) is 5.62. The fourth-order valence-electron chi connectivity index (χ4n) is 4.32. The normalized spacial score (nSPS) is 14.3. The molecule has 2 unspecified atom stereocenters. The molecule has 0 bridgehead atoms. The van der Waals surface area contributed by atoms with Crippen molar-refractivity contribution < 1.29 is 32.9 Å². The molecule has 4 aromatic rings. The first kappa shape index (κ1) is 27.5. The van der Waals surface area contributed by atoms with E-state index in [1.807, 2.05) is 0 Å². The van der Waals surface area contributed by atoms with E-state index in [0.29, 0.717) is 5.52 Å². The molecule has 2 heterocycles. The van der Waals surface area contributed by atoms with E-state index in [1.165, 1.54) is 60.6 Å². The van der Waals surface area contributed by atoms with E-state index in [0.717, 1.165) is 18.2 Å². The number of halogens is 5. The smallest absolute Gasteiger partial charge is 0.422 e. The molecule has 0 fully saturated rings. The maximum Gasteiger partial charge on any atom is 0.422 e. The van der Waals surface area contributed by atoms with Gasteiger partial charge in [-0.05, 0) is 41.5 Å². The zero-order chi connectivity index (χ0) is 28.2. The Labute approximate surface area is 223 Å². The fraction of sp³-hybridized carbons (Fsp3) is 0.240. The quantitative estimate of drug-likeness (QED) is 0.312. The molecule has 2 aromatic carbocycles. The number of aromatic nitrogens is 3. The van der Waals surface area contributed by atoms with Crippen molar-refractivity contribution in [3.05, 3.63) is 85.9 Å². The Kier molecular flexibility index (Phi) is 6.98. The second kappa shape index (κ2) is 9.64. The number of carboxylic acids is 1. The molecule has 0 aliphatic rings. The summed E-state index contributed by atoms with van der Waals surface area (Å²) in [7, 11) is 2.91. The summed E-state index contributed by atoms with van der Waals surface area (Å²) < 4.78 is 51.5. The van der Waals surface area contributed by atoms with Gasteiger partial charge >= 0.3 is 17.8 Å². The van der Waals surface area contributed by atoms with Crippen LogP contribution in [0.2, 0.25) is 10.0 Å². The van der Waals surface area contributed by atoms with Gasteiger partial charge in [0.25, 0.3) is 0 Å². The Hall–Kier alpha value is -3.54. The van der Waals surface area contributed by atoms with Crippen LogP contribution in [0.3, 0.4) is 0 Å². The molecule has 0 aliphatic carbocycles. The number of aromatic carboxylic acids is 1. The van der Waals surface area contributed by atoms with E-state index in [9.17, 15) is 33.0 Å². The second-order valence-corrected chi connectivity index (χ2v) is 9.53. The number of carbonyl (C=O) groups is 1. The summed E-state index contributed by atoms with van der Waals surface area (Å²) in [6.07, 6.45) is -3.96. The number of rotatable bonds is 6. The van der Waals surface area contributed by atoms with E-state index in [2.05, 4.69) is 4.98 Å². The average molecular weight is 570 g/mol. The molecular weight excluding hydrogens is 550 g/mol. The SMILES string of the molecule is CC(c1ccc(Oc2ncc(Cl)cc2C(=O)O)cc1Cl)C(O)(c1ccc2c(c1)n(C)c(=O)n2C)C(F)(F)F. The molecule has 2 N–H and O–H groups in total. The number of carboxylic acid groups (broad SMARTS) is 1. The first-order chi connectivity index (χ1) is 17.7. The van der Waals surface area contributed by atoms with Gasteiger partial charge in [0.2, 0.25) is 5.88 Å². The van der Waals surface area contributed by atoms with Crippen LogP contribution in [0.5, 0.6) is 11.6 Å². The maximum absolute atomic E-state index is 14.5. The van der Waals surface area contributed by atoms with Gasteiger partial charge in [0.15, 0.2) is 5.60 Å². The van der Waals surface area contributed by atoms with E-state index in [1.54, 1.807) is 0 Å². The molecule has 2 atom stereocenters. The van der Waals surface area contributed by atoms with Gasteiger partial charge in [-0.15, -0.1) is 0 Å². The maximum atomic E-state index is 14.5. The first-order valence-corrected chi connectivity index (χ1v) is 11.7. The number of alkyl halides is 3. The summed E-state index contributed by atoms with van der Waals surface area (Å²) in [6, 6.07) is 8.44. The molecule has 0 radical (unpaired) electrons. The van der Waals surface area contributed by atoms with Gasteiger partial charge < -0.3 is 14.9 Å². The number of fused-ring (bicyclic) bond motifs is 1. The van der Waals surface area contributed by atoms with Gasteiger partial charge in [-0.1, -0.05) is 42.3 Å². The number of aliphatic hydroxyl groups is 1. The number of pyridine rings is 1. The number of hydrogen-bond acceptors (Lipinski definition) is 5. The van der Waals surface area contributed by atoms with Crippen LogP contribution in [0.25, 0.3) is 11.0 Å². The molecule has 2 aromatic heterocycles. The molecule has 0 saturated heterocycles. The Morgan fingerprint density at radius 2 is 1.71 bits per heavy atom. The highest BCUT2D eigenvalue weighted by molar-refractivity contribution is 6.31. The standard InChI is InChI=1S/C25H20Cl2F3N3O5/c1-12(16-6-5-15(10-18(16)27)38-21-17(22(34)35)9-14(26)11-31-21)24(37,25(28,29)30)13-4-7-19-20(8-13)33(3)23(36)32(19)2/h4-12,37H,1-3H3,(H,34,35). The van der Waals surface area contributed by atoms with Crippen molar-refractivity contribution in [2.24, 2.45) is 14.1 Å². The topological polar surface area (TPSA) is 107 Å². The molecular formula is C25H20Cl2F3N3O5. The molecule has 0 aliphatic heterocycles. The second-order valence-electron chi connectivity index (χ2n) is 8.69. The highest BCUT2D eigenvalue weighted by Gasteiger charge is 2.59. The van der Waals surface area contributed by atoms with Gasteiger partial charge in [0, 0.05) is 31.2 Å². The summed E-state index contributed by atoms with van der Waals surface area (Å²) in [5.74, 6) is -3.26. The van der Waals surface area contributed by atoms with Gasteiger partial charge in [-0.3, -0.25) is 9.13 Å². The molecule has 38 heavy (non-hydrogen) atoms. The number of nitrogens with zero attached hydrogens (tertiary/aromatic N) is 3. The molecule has 200 valence electrons. The number of aryl methyl sites for hydroxylation is 2. The van der Waals surface area contributed by atoms with E-state index in [-0.39, 0.29) is 38.3 Å². The molecule has 13 heteroatoms. The van der Waals surface area contributed by atoms with Crippen molar-refractivity contribution in [3.8, 4) is 11.6 Å². The van der Waals surface area contributed by atoms with Crippen LogP contribution in [0, 0.1) is 0 Å². The van der Waals surface area contributed by atoms with Crippen LogP contribution in [0.15, 0.2) is 53.5 Å². The minimum absolute atomic E-state index is 0.000439. The third kappa shape index (κ3) is 4.50. The van der Waals surface area contributed by atoms with Gasteiger partial charge in [-0.25, -0.2) is 14.6 Å². The number of benzene rings is 2. The number of hydrogen-bond donors (Lipinski definition) is 2. The Morgan fingerprint density at radius 3 is 2.32 bits per heavy atom. The van der Waals surface area contributed by atoms with Gasteiger partial charge in [0.1, 0.15) is 11.3 Å². The Bertz CT molecular complexity index is 1630. The van der Waals surface area contributed by atoms with E-state index < -0.39 is 34.9 Å². The average Bonchev–Trinajstić information content (AvgIpc) is 3.07. The summed E-state index contributed by atoms with van der Waals surface area (Å²) in [5, 5.41) is 20.5. The van der Waals surface area contributed by atoms with Crippen molar-refractivity contribution in [1.82, 2.24) is 14.1 Å². The molecule has 8 nitrogen and oxygen atoms in total. The van der Waals surface area contributed by atoms with Crippen LogP contribution in [-0.2, 0) is 19.7 Å². The van der Waals surface area contributed by atoms with Crippen molar-refractivity contribution in [2.75, 3.05) is 0 Å². The summed E-state index contributed by atoms with van der Waals surface area (Å²) in [5.41, 5.74) is -4.06. The van der Waals surface area contributed by atoms with Crippen LogP contribution >= 0.6 is 23.2 Å². The highest BCUT2D eigenvalue weighted by Crippen LogP contribution is 2.50. The lowest BCUT2D eigenvalue weighted by molar-refractivity contribution is -0.274. The zero-order valence-corrected chi connectivity index (χ0v) is 21.6. The number of ether oxygens (including phenoxy) is 1. The third-order valence-corrected chi connectivity index (χ3v) is 7.01. The predicted molar refractivity (Wildman–Crippen MR) is 134 cm³/mol. The highest BCUT2D eigenvalue weighted by atomic mass is 35.5. The summed E-state index contributed by atoms with van der Waals surface area (Å²) in [4.78, 5) is 27.6. The third-order valence-electron chi connectivity index (χ3n) is 6.47. The van der Waals surface area contributed by atoms with Gasteiger partial charge in [-0.2, -0.15) is 13.2 Å². The minimum Gasteiger partial charge on any atom is -0.477 e. The van der Waals surface area contributed by atoms with Crippen LogP contribution in [-0.4, -0.2) is 36.5 Å². The van der Waals surface area contributed by atoms with E-state index in [4.69, 9.17) is 27.9 Å². The van der Waals surface area contributed by atoms with Crippen LogP contribution in [0.4, 0.5) is 13.2 Å². The fourth-order valence-corrected chi connectivity index (χ4v) is 4.82. The van der Waals surface area contributed by atoms with Crippen LogP contribution in [0.1, 0.15) is 34.3 Å².